The molecule has 0 radical (unpaired) electrons. The van der Waals surface area contributed by atoms with Crippen LogP contribution < -0.4 is 0 Å². The van der Waals surface area contributed by atoms with Crippen LogP contribution in [-0.4, -0.2) is 33.1 Å². The van der Waals surface area contributed by atoms with E-state index in [9.17, 15) is 9.59 Å². The molecule has 0 amide bonds. The molecule has 0 saturated carbocycles. The molecule has 2 aromatic rings. The number of nitrogens with zero attached hydrogens (tertiary/aromatic N) is 3. The van der Waals surface area contributed by atoms with E-state index in [1.165, 1.54) is 30.3 Å². The first-order valence-electron chi connectivity index (χ1n) is 5.80. The van der Waals surface area contributed by atoms with E-state index in [0.717, 1.165) is 0 Å². The van der Waals surface area contributed by atoms with Gasteiger partial charge in [-0.15, -0.1) is 0 Å². The van der Waals surface area contributed by atoms with Crippen molar-refractivity contribution in [1.82, 2.24) is 14.8 Å². The van der Waals surface area contributed by atoms with E-state index < -0.39 is 5.97 Å². The van der Waals surface area contributed by atoms with E-state index in [0.29, 0.717) is 23.4 Å². The van der Waals surface area contributed by atoms with Gasteiger partial charge in [0.25, 0.3) is 0 Å². The van der Waals surface area contributed by atoms with Gasteiger partial charge < -0.3 is 4.74 Å². The molecule has 19 heavy (non-hydrogen) atoms. The Hall–Kier alpha value is -2.50. The van der Waals surface area contributed by atoms with Crippen molar-refractivity contribution in [3.8, 4) is 5.69 Å². The number of carbonyl (C=O) groups excluding carboxylic acids is 2. The highest BCUT2D eigenvalue weighted by Crippen LogP contribution is 2.17. The van der Waals surface area contributed by atoms with Crippen LogP contribution in [0.5, 0.6) is 0 Å². The van der Waals surface area contributed by atoms with E-state index in [4.69, 9.17) is 4.74 Å². The molecular weight excluding hydrogens is 246 g/mol. The lowest BCUT2D eigenvalue weighted by Crippen LogP contribution is -2.09. The van der Waals surface area contributed by atoms with Crippen LogP contribution in [0, 0.1) is 0 Å². The standard InChI is InChI=1S/C13H13N3O3/c1-3-19-13(18)10-4-5-12(11(6-10)9(2)17)16-8-14-7-15-16/h4-8H,3H2,1-2H3. The van der Waals surface area contributed by atoms with Crippen LogP contribution in [0.3, 0.4) is 0 Å². The highest BCUT2D eigenvalue weighted by atomic mass is 16.5. The Morgan fingerprint density at radius 2 is 2.16 bits per heavy atom. The van der Waals surface area contributed by atoms with Crippen molar-refractivity contribution >= 4 is 11.8 Å². The number of aromatic nitrogens is 3. The number of ketones is 1. The molecule has 0 aliphatic heterocycles. The molecule has 0 atom stereocenters. The molecule has 0 saturated heterocycles. The van der Waals surface area contributed by atoms with Gasteiger partial charge in [-0.2, -0.15) is 5.10 Å². The molecule has 6 nitrogen and oxygen atoms in total. The fourth-order valence-electron chi connectivity index (χ4n) is 1.69. The topological polar surface area (TPSA) is 74.1 Å². The molecule has 6 heteroatoms. The summed E-state index contributed by atoms with van der Waals surface area (Å²) in [5, 5.41) is 3.98. The molecule has 1 aromatic heterocycles. The summed E-state index contributed by atoms with van der Waals surface area (Å²) in [7, 11) is 0. The monoisotopic (exact) mass is 259 g/mol. The molecule has 1 heterocycles. The second kappa shape index (κ2) is 5.43. The number of esters is 1. The summed E-state index contributed by atoms with van der Waals surface area (Å²) in [6.07, 6.45) is 2.87. The molecule has 0 N–H and O–H groups in total. The molecular formula is C13H13N3O3. The van der Waals surface area contributed by atoms with Crippen LogP contribution in [-0.2, 0) is 4.74 Å². The summed E-state index contributed by atoms with van der Waals surface area (Å²) >= 11 is 0. The molecule has 0 bridgehead atoms. The largest absolute Gasteiger partial charge is 0.462 e. The SMILES string of the molecule is CCOC(=O)c1ccc(-n2cncn2)c(C(C)=O)c1. The average molecular weight is 259 g/mol. The second-order valence-corrected chi connectivity index (χ2v) is 3.85. The van der Waals surface area contributed by atoms with Crippen molar-refractivity contribution in [2.24, 2.45) is 0 Å². The molecule has 0 fully saturated rings. The normalized spacial score (nSPS) is 10.2. The number of rotatable bonds is 4. The van der Waals surface area contributed by atoms with Gasteiger partial charge in [0.05, 0.1) is 17.9 Å². The van der Waals surface area contributed by atoms with E-state index in [-0.39, 0.29) is 5.78 Å². The van der Waals surface area contributed by atoms with Gasteiger partial charge >= 0.3 is 5.97 Å². The summed E-state index contributed by atoms with van der Waals surface area (Å²) in [4.78, 5) is 27.2. The van der Waals surface area contributed by atoms with Crippen molar-refractivity contribution in [3.63, 3.8) is 0 Å². The van der Waals surface area contributed by atoms with Crippen molar-refractivity contribution in [3.05, 3.63) is 42.0 Å². The molecule has 1 aromatic carbocycles. The lowest BCUT2D eigenvalue weighted by atomic mass is 10.1. The highest BCUT2D eigenvalue weighted by Gasteiger charge is 2.14. The van der Waals surface area contributed by atoms with Crippen LogP contribution in [0.25, 0.3) is 5.69 Å². The van der Waals surface area contributed by atoms with E-state index in [1.54, 1.807) is 19.1 Å². The van der Waals surface area contributed by atoms with Gasteiger partial charge in [-0.1, -0.05) is 0 Å². The van der Waals surface area contributed by atoms with Crippen molar-refractivity contribution in [2.75, 3.05) is 6.61 Å². The second-order valence-electron chi connectivity index (χ2n) is 3.85. The van der Waals surface area contributed by atoms with Crippen molar-refractivity contribution in [1.29, 1.82) is 0 Å². The zero-order valence-electron chi connectivity index (χ0n) is 10.7. The van der Waals surface area contributed by atoms with Gasteiger partial charge in [-0.3, -0.25) is 4.79 Å². The van der Waals surface area contributed by atoms with E-state index in [1.807, 2.05) is 0 Å². The Bertz CT molecular complexity index is 606. The van der Waals surface area contributed by atoms with Crippen LogP contribution >= 0.6 is 0 Å². The number of hydrogen-bond donors (Lipinski definition) is 0. The lowest BCUT2D eigenvalue weighted by Gasteiger charge is -2.08. The predicted molar refractivity (Wildman–Crippen MR) is 67.3 cm³/mol. The molecule has 0 aliphatic carbocycles. The zero-order valence-corrected chi connectivity index (χ0v) is 10.7. The quantitative estimate of drug-likeness (QED) is 0.616. The zero-order chi connectivity index (χ0) is 13.8. The van der Waals surface area contributed by atoms with Gasteiger partial charge in [0.1, 0.15) is 12.7 Å². The Morgan fingerprint density at radius 1 is 1.37 bits per heavy atom. The Kier molecular flexibility index (Phi) is 3.70. The summed E-state index contributed by atoms with van der Waals surface area (Å²) in [6, 6.07) is 4.76. The summed E-state index contributed by atoms with van der Waals surface area (Å²) < 4.78 is 6.39. The molecule has 2 rings (SSSR count). The summed E-state index contributed by atoms with van der Waals surface area (Å²) in [5.74, 6) is -0.605. The van der Waals surface area contributed by atoms with Gasteiger partial charge in [0.15, 0.2) is 5.78 Å². The van der Waals surface area contributed by atoms with E-state index in [2.05, 4.69) is 10.1 Å². The third-order valence-corrected chi connectivity index (χ3v) is 2.55. The number of ether oxygens (including phenoxy) is 1. The number of Topliss-reactive ketones (excluding diaryl/α,β-unsaturated/α-hetero) is 1. The third-order valence-electron chi connectivity index (χ3n) is 2.55. The van der Waals surface area contributed by atoms with Crippen molar-refractivity contribution in [2.45, 2.75) is 13.8 Å². The third kappa shape index (κ3) is 2.67. The van der Waals surface area contributed by atoms with Crippen LogP contribution in [0.4, 0.5) is 0 Å². The van der Waals surface area contributed by atoms with Crippen LogP contribution in [0.1, 0.15) is 34.6 Å². The molecule has 0 spiro atoms. The maximum atomic E-state index is 11.7. The van der Waals surface area contributed by atoms with Crippen LogP contribution in [0.2, 0.25) is 0 Å². The number of benzene rings is 1. The van der Waals surface area contributed by atoms with Crippen LogP contribution in [0.15, 0.2) is 30.9 Å². The Morgan fingerprint density at radius 3 is 2.74 bits per heavy atom. The van der Waals surface area contributed by atoms with Gasteiger partial charge in [0, 0.05) is 5.56 Å². The van der Waals surface area contributed by atoms with Gasteiger partial charge in [-0.05, 0) is 32.0 Å². The Balaban J connectivity index is 2.47. The van der Waals surface area contributed by atoms with Crippen molar-refractivity contribution < 1.29 is 14.3 Å². The van der Waals surface area contributed by atoms with Gasteiger partial charge in [0.2, 0.25) is 0 Å². The minimum absolute atomic E-state index is 0.156. The first kappa shape index (κ1) is 12.9. The maximum Gasteiger partial charge on any atom is 0.338 e. The first-order valence-corrected chi connectivity index (χ1v) is 5.80. The molecule has 0 unspecified atom stereocenters. The van der Waals surface area contributed by atoms with E-state index >= 15 is 0 Å². The fraction of sp³-hybridized carbons (Fsp3) is 0.231. The highest BCUT2D eigenvalue weighted by molar-refractivity contribution is 6.00. The minimum Gasteiger partial charge on any atom is -0.462 e. The summed E-state index contributed by atoms with van der Waals surface area (Å²) in [5.41, 5.74) is 1.32. The number of hydrogen-bond acceptors (Lipinski definition) is 5. The number of carbonyl (C=O) groups is 2. The minimum atomic E-state index is -0.449. The Labute approximate surface area is 110 Å². The predicted octanol–water partition coefficient (Wildman–Crippen LogP) is 1.65. The van der Waals surface area contributed by atoms with Gasteiger partial charge in [-0.25, -0.2) is 14.5 Å². The first-order chi connectivity index (χ1) is 9.13. The molecule has 98 valence electrons. The molecule has 0 aliphatic rings. The average Bonchev–Trinajstić information content (AvgIpc) is 2.92. The maximum absolute atomic E-state index is 11.7. The fourth-order valence-corrected chi connectivity index (χ4v) is 1.69. The smallest absolute Gasteiger partial charge is 0.338 e. The summed E-state index contributed by atoms with van der Waals surface area (Å²) in [6.45, 7) is 3.46. The lowest BCUT2D eigenvalue weighted by molar-refractivity contribution is 0.0526.